The molecule has 0 aliphatic heterocycles. The molecule has 1 rings (SSSR count). The van der Waals surface area contributed by atoms with Gasteiger partial charge in [0.1, 0.15) is 5.76 Å². The van der Waals surface area contributed by atoms with Gasteiger partial charge in [-0.25, -0.2) is 0 Å². The van der Waals surface area contributed by atoms with Crippen molar-refractivity contribution in [3.63, 3.8) is 0 Å². The third-order valence-corrected chi connectivity index (χ3v) is 1.70. The Hall–Kier alpha value is -0.720. The van der Waals surface area contributed by atoms with Crippen LogP contribution in [0, 0.1) is 5.92 Å². The summed E-state index contributed by atoms with van der Waals surface area (Å²) >= 11 is 0. The molecular formula is C10H16O. The maximum atomic E-state index is 5.31. The van der Waals surface area contributed by atoms with Gasteiger partial charge in [-0.1, -0.05) is 20.8 Å². The zero-order chi connectivity index (χ0) is 8.27. The van der Waals surface area contributed by atoms with Crippen LogP contribution in [-0.2, 0) is 12.8 Å². The Labute approximate surface area is 68.4 Å². The van der Waals surface area contributed by atoms with Crippen molar-refractivity contribution in [2.45, 2.75) is 33.6 Å². The highest BCUT2D eigenvalue weighted by Crippen LogP contribution is 2.12. The molecule has 0 saturated heterocycles. The Morgan fingerprint density at radius 2 is 2.18 bits per heavy atom. The van der Waals surface area contributed by atoms with Crippen molar-refractivity contribution in [1.82, 2.24) is 0 Å². The predicted octanol–water partition coefficient (Wildman–Crippen LogP) is 3.04. The molecule has 0 aliphatic carbocycles. The summed E-state index contributed by atoms with van der Waals surface area (Å²) in [6.07, 6.45) is 4.00. The number of furan rings is 1. The Morgan fingerprint density at radius 3 is 2.64 bits per heavy atom. The minimum atomic E-state index is 0.720. The standard InChI is InChI=1S/C10H16O/c1-4-10-6-9(7-11-10)5-8(2)3/h6-8H,4-5H2,1-3H3. The molecular weight excluding hydrogens is 136 g/mol. The van der Waals surface area contributed by atoms with Gasteiger partial charge in [0.2, 0.25) is 0 Å². The molecule has 1 aromatic rings. The average molecular weight is 152 g/mol. The molecule has 0 saturated carbocycles. The van der Waals surface area contributed by atoms with E-state index in [2.05, 4.69) is 26.8 Å². The van der Waals surface area contributed by atoms with Crippen LogP contribution >= 0.6 is 0 Å². The first-order valence-corrected chi connectivity index (χ1v) is 4.28. The van der Waals surface area contributed by atoms with Crippen LogP contribution in [0.4, 0.5) is 0 Å². The molecule has 0 atom stereocenters. The lowest BCUT2D eigenvalue weighted by Crippen LogP contribution is -1.90. The summed E-state index contributed by atoms with van der Waals surface area (Å²) in [6.45, 7) is 6.55. The van der Waals surface area contributed by atoms with Gasteiger partial charge in [-0.3, -0.25) is 0 Å². The van der Waals surface area contributed by atoms with Crippen molar-refractivity contribution in [3.05, 3.63) is 23.7 Å². The Morgan fingerprint density at radius 1 is 1.45 bits per heavy atom. The van der Waals surface area contributed by atoms with Gasteiger partial charge in [0, 0.05) is 6.42 Å². The van der Waals surface area contributed by atoms with Crippen LogP contribution in [-0.4, -0.2) is 0 Å². The highest BCUT2D eigenvalue weighted by molar-refractivity contribution is 5.13. The average Bonchev–Trinajstić information content (AvgIpc) is 2.34. The third kappa shape index (κ3) is 2.41. The van der Waals surface area contributed by atoms with Gasteiger partial charge in [-0.05, 0) is 24.0 Å². The smallest absolute Gasteiger partial charge is 0.103 e. The maximum Gasteiger partial charge on any atom is 0.103 e. The molecule has 0 unspecified atom stereocenters. The molecule has 11 heavy (non-hydrogen) atoms. The summed E-state index contributed by atoms with van der Waals surface area (Å²) in [5.74, 6) is 1.82. The summed E-state index contributed by atoms with van der Waals surface area (Å²) in [4.78, 5) is 0. The van der Waals surface area contributed by atoms with E-state index in [9.17, 15) is 0 Å². The topological polar surface area (TPSA) is 13.1 Å². The second-order valence-corrected chi connectivity index (χ2v) is 3.37. The van der Waals surface area contributed by atoms with Gasteiger partial charge < -0.3 is 4.42 Å². The van der Waals surface area contributed by atoms with Gasteiger partial charge in [-0.15, -0.1) is 0 Å². The second-order valence-electron chi connectivity index (χ2n) is 3.37. The van der Waals surface area contributed by atoms with Crippen LogP contribution in [0.5, 0.6) is 0 Å². The fraction of sp³-hybridized carbons (Fsp3) is 0.600. The lowest BCUT2D eigenvalue weighted by molar-refractivity contribution is 0.511. The van der Waals surface area contributed by atoms with Crippen molar-refractivity contribution < 1.29 is 4.42 Å². The largest absolute Gasteiger partial charge is 0.469 e. The minimum absolute atomic E-state index is 0.720. The summed E-state index contributed by atoms with van der Waals surface area (Å²) in [7, 11) is 0. The van der Waals surface area contributed by atoms with Crippen LogP contribution in [0.2, 0.25) is 0 Å². The molecule has 0 radical (unpaired) electrons. The number of hydrogen-bond donors (Lipinski definition) is 0. The van der Waals surface area contributed by atoms with E-state index in [1.807, 2.05) is 6.26 Å². The number of hydrogen-bond acceptors (Lipinski definition) is 1. The molecule has 1 heteroatoms. The van der Waals surface area contributed by atoms with E-state index in [-0.39, 0.29) is 0 Å². The SMILES string of the molecule is CCc1cc(CC(C)C)co1. The first-order valence-electron chi connectivity index (χ1n) is 4.28. The van der Waals surface area contributed by atoms with Gasteiger partial charge in [0.25, 0.3) is 0 Å². The van der Waals surface area contributed by atoms with Crippen molar-refractivity contribution in [2.75, 3.05) is 0 Å². The molecule has 0 bridgehead atoms. The fourth-order valence-electron chi connectivity index (χ4n) is 1.19. The summed E-state index contributed by atoms with van der Waals surface area (Å²) < 4.78 is 5.31. The molecule has 0 spiro atoms. The lowest BCUT2D eigenvalue weighted by Gasteiger charge is -1.98. The van der Waals surface area contributed by atoms with Crippen molar-refractivity contribution in [1.29, 1.82) is 0 Å². The normalized spacial score (nSPS) is 10.9. The van der Waals surface area contributed by atoms with E-state index >= 15 is 0 Å². The maximum absolute atomic E-state index is 5.31. The summed E-state index contributed by atoms with van der Waals surface area (Å²) in [5, 5.41) is 0. The van der Waals surface area contributed by atoms with Gasteiger partial charge in [0.15, 0.2) is 0 Å². The number of rotatable bonds is 3. The molecule has 0 N–H and O–H groups in total. The molecule has 0 aromatic carbocycles. The van der Waals surface area contributed by atoms with Crippen molar-refractivity contribution in [2.24, 2.45) is 5.92 Å². The molecule has 1 aromatic heterocycles. The molecule has 1 heterocycles. The molecule has 62 valence electrons. The van der Waals surface area contributed by atoms with Crippen LogP contribution < -0.4 is 0 Å². The van der Waals surface area contributed by atoms with Crippen LogP contribution in [0.25, 0.3) is 0 Å². The van der Waals surface area contributed by atoms with E-state index in [1.165, 1.54) is 5.56 Å². The Balaban J connectivity index is 2.58. The van der Waals surface area contributed by atoms with E-state index in [0.29, 0.717) is 0 Å². The monoisotopic (exact) mass is 152 g/mol. The molecule has 0 aliphatic rings. The van der Waals surface area contributed by atoms with Crippen LogP contribution in [0.1, 0.15) is 32.1 Å². The number of aryl methyl sites for hydroxylation is 1. The van der Waals surface area contributed by atoms with E-state index in [1.54, 1.807) is 0 Å². The summed E-state index contributed by atoms with van der Waals surface area (Å²) in [6, 6.07) is 2.15. The fourth-order valence-corrected chi connectivity index (χ4v) is 1.19. The van der Waals surface area contributed by atoms with Crippen LogP contribution in [0.15, 0.2) is 16.7 Å². The third-order valence-electron chi connectivity index (χ3n) is 1.70. The lowest BCUT2D eigenvalue weighted by atomic mass is 10.1. The van der Waals surface area contributed by atoms with E-state index < -0.39 is 0 Å². The highest BCUT2D eigenvalue weighted by atomic mass is 16.3. The van der Waals surface area contributed by atoms with Gasteiger partial charge in [-0.2, -0.15) is 0 Å². The van der Waals surface area contributed by atoms with E-state index in [0.717, 1.165) is 24.5 Å². The van der Waals surface area contributed by atoms with Crippen molar-refractivity contribution in [3.8, 4) is 0 Å². The quantitative estimate of drug-likeness (QED) is 0.648. The molecule has 0 amide bonds. The van der Waals surface area contributed by atoms with E-state index in [4.69, 9.17) is 4.42 Å². The highest BCUT2D eigenvalue weighted by Gasteiger charge is 2.01. The second kappa shape index (κ2) is 3.61. The van der Waals surface area contributed by atoms with Crippen LogP contribution in [0.3, 0.4) is 0 Å². The predicted molar refractivity (Wildman–Crippen MR) is 46.6 cm³/mol. The first-order chi connectivity index (χ1) is 5.22. The molecule has 0 fully saturated rings. The van der Waals surface area contributed by atoms with Gasteiger partial charge >= 0.3 is 0 Å². The van der Waals surface area contributed by atoms with Crippen molar-refractivity contribution >= 4 is 0 Å². The van der Waals surface area contributed by atoms with Gasteiger partial charge in [0.05, 0.1) is 6.26 Å². The minimum Gasteiger partial charge on any atom is -0.469 e. The first kappa shape index (κ1) is 8.38. The molecule has 1 nitrogen and oxygen atoms in total. The zero-order valence-electron chi connectivity index (χ0n) is 7.55. The summed E-state index contributed by atoms with van der Waals surface area (Å²) in [5.41, 5.74) is 1.33. The Bertz CT molecular complexity index is 210. The Kier molecular flexibility index (Phi) is 2.75. The zero-order valence-corrected chi connectivity index (χ0v) is 7.55.